The number of hydrogen-bond donors (Lipinski definition) is 2. The van der Waals surface area contributed by atoms with E-state index in [9.17, 15) is 0 Å². The molecule has 0 radical (unpaired) electrons. The Morgan fingerprint density at radius 3 is 2.00 bits per heavy atom. The number of ether oxygens (including phenoxy) is 4. The van der Waals surface area contributed by atoms with Crippen LogP contribution in [-0.2, 0) is 32.2 Å². The topological polar surface area (TPSA) is 77.4 Å². The van der Waals surface area contributed by atoms with E-state index < -0.39 is 11.9 Å². The van der Waals surface area contributed by atoms with Gasteiger partial charge in [0.25, 0.3) is 0 Å². The van der Waals surface area contributed by atoms with Gasteiger partial charge in [0.05, 0.1) is 39.6 Å². The SMILES string of the molecule is CC1(C)OC[C@@H](COCc2ccccc2)O1.OC[C@H](O)COCc1ccccc1. The zero-order valence-corrected chi connectivity index (χ0v) is 17.2. The summed E-state index contributed by atoms with van der Waals surface area (Å²) in [5.41, 5.74) is 2.24. The molecular weight excluding hydrogens is 372 g/mol. The third-order valence-electron chi connectivity index (χ3n) is 4.12. The summed E-state index contributed by atoms with van der Waals surface area (Å²) >= 11 is 0. The molecule has 2 atom stereocenters. The van der Waals surface area contributed by atoms with Crippen LogP contribution in [0, 0.1) is 0 Å². The van der Waals surface area contributed by atoms with E-state index in [1.165, 1.54) is 5.56 Å². The molecule has 1 heterocycles. The molecule has 6 heteroatoms. The molecular formula is C23H32O6. The van der Waals surface area contributed by atoms with Crippen LogP contribution in [0.15, 0.2) is 60.7 Å². The second kappa shape index (κ2) is 12.7. The predicted molar refractivity (Wildman–Crippen MR) is 110 cm³/mol. The van der Waals surface area contributed by atoms with Crippen LogP contribution in [0.3, 0.4) is 0 Å². The van der Waals surface area contributed by atoms with Gasteiger partial charge in [-0.1, -0.05) is 60.7 Å². The van der Waals surface area contributed by atoms with Crippen molar-refractivity contribution >= 4 is 0 Å². The highest BCUT2D eigenvalue weighted by molar-refractivity contribution is 5.14. The van der Waals surface area contributed by atoms with Crippen molar-refractivity contribution in [3.05, 3.63) is 71.8 Å². The van der Waals surface area contributed by atoms with Gasteiger partial charge in [-0.05, 0) is 25.0 Å². The maximum atomic E-state index is 8.96. The summed E-state index contributed by atoms with van der Waals surface area (Å²) in [6.07, 6.45) is -0.720. The molecule has 0 bridgehead atoms. The summed E-state index contributed by atoms with van der Waals surface area (Å²) in [4.78, 5) is 0. The van der Waals surface area contributed by atoms with Gasteiger partial charge < -0.3 is 29.2 Å². The van der Waals surface area contributed by atoms with E-state index in [1.807, 2.05) is 62.4 Å². The highest BCUT2D eigenvalue weighted by atomic mass is 16.7. The van der Waals surface area contributed by atoms with Gasteiger partial charge in [-0.15, -0.1) is 0 Å². The van der Waals surface area contributed by atoms with Crippen molar-refractivity contribution < 1.29 is 29.2 Å². The summed E-state index contributed by atoms with van der Waals surface area (Å²) < 4.78 is 21.8. The van der Waals surface area contributed by atoms with E-state index in [4.69, 9.17) is 29.2 Å². The lowest BCUT2D eigenvalue weighted by molar-refractivity contribution is -0.145. The minimum Gasteiger partial charge on any atom is -0.394 e. The Labute approximate surface area is 173 Å². The highest BCUT2D eigenvalue weighted by Crippen LogP contribution is 2.22. The van der Waals surface area contributed by atoms with Crippen LogP contribution in [-0.4, -0.2) is 54.6 Å². The molecule has 0 unspecified atom stereocenters. The monoisotopic (exact) mass is 404 g/mol. The molecule has 2 aromatic rings. The average Bonchev–Trinajstić information content (AvgIpc) is 3.08. The zero-order chi connectivity index (χ0) is 21.0. The molecule has 3 rings (SSSR count). The largest absolute Gasteiger partial charge is 0.394 e. The Hall–Kier alpha value is -1.80. The standard InChI is InChI=1S/C13H18O3.C10H14O3/c1-13(2)15-10-12(16-13)9-14-8-11-6-4-3-5-7-11;11-6-10(12)8-13-7-9-4-2-1-3-5-9/h3-7,12H,8-10H2,1-2H3;1-5,10-12H,6-8H2/t12-;10-/m10/s1. The minimum absolute atomic E-state index is 0.0544. The fourth-order valence-electron chi connectivity index (χ4n) is 2.67. The molecule has 1 fully saturated rings. The van der Waals surface area contributed by atoms with E-state index in [-0.39, 0.29) is 19.3 Å². The summed E-state index contributed by atoms with van der Waals surface area (Å²) in [6.45, 7) is 6.05. The zero-order valence-electron chi connectivity index (χ0n) is 17.2. The minimum atomic E-state index is -0.774. The van der Waals surface area contributed by atoms with Crippen molar-refractivity contribution in [1.82, 2.24) is 0 Å². The van der Waals surface area contributed by atoms with Crippen LogP contribution in [0.5, 0.6) is 0 Å². The lowest BCUT2D eigenvalue weighted by Crippen LogP contribution is -2.23. The van der Waals surface area contributed by atoms with Crippen LogP contribution >= 0.6 is 0 Å². The van der Waals surface area contributed by atoms with Crippen molar-refractivity contribution in [3.63, 3.8) is 0 Å². The lowest BCUT2D eigenvalue weighted by Gasteiger charge is -2.17. The van der Waals surface area contributed by atoms with Crippen LogP contribution < -0.4 is 0 Å². The summed E-state index contributed by atoms with van der Waals surface area (Å²) in [5, 5.41) is 17.5. The number of aliphatic hydroxyl groups excluding tert-OH is 2. The van der Waals surface area contributed by atoms with Crippen molar-refractivity contribution in [3.8, 4) is 0 Å². The summed E-state index contributed by atoms with van der Waals surface area (Å²) in [6, 6.07) is 19.8. The first-order valence-corrected chi connectivity index (χ1v) is 9.82. The maximum absolute atomic E-state index is 8.96. The van der Waals surface area contributed by atoms with Crippen molar-refractivity contribution in [2.24, 2.45) is 0 Å². The molecule has 2 aromatic carbocycles. The average molecular weight is 405 g/mol. The number of benzene rings is 2. The predicted octanol–water partition coefficient (Wildman–Crippen LogP) is 2.91. The molecule has 0 saturated carbocycles. The molecule has 0 aliphatic carbocycles. The van der Waals surface area contributed by atoms with E-state index in [1.54, 1.807) is 0 Å². The Morgan fingerprint density at radius 1 is 0.966 bits per heavy atom. The number of aliphatic hydroxyl groups is 2. The quantitative estimate of drug-likeness (QED) is 0.669. The molecule has 0 spiro atoms. The van der Waals surface area contributed by atoms with Gasteiger partial charge in [0.1, 0.15) is 12.2 Å². The first-order chi connectivity index (χ1) is 14.0. The van der Waals surface area contributed by atoms with Crippen LogP contribution in [0.25, 0.3) is 0 Å². The Morgan fingerprint density at radius 2 is 1.52 bits per heavy atom. The second-order valence-electron chi connectivity index (χ2n) is 7.29. The van der Waals surface area contributed by atoms with E-state index in [0.717, 1.165) is 5.56 Å². The van der Waals surface area contributed by atoms with Crippen molar-refractivity contribution in [2.45, 2.75) is 45.1 Å². The first-order valence-electron chi connectivity index (χ1n) is 9.82. The van der Waals surface area contributed by atoms with E-state index >= 15 is 0 Å². The normalized spacial score (nSPS) is 18.7. The summed E-state index contributed by atoms with van der Waals surface area (Å²) in [7, 11) is 0. The van der Waals surface area contributed by atoms with Gasteiger partial charge in [0, 0.05) is 0 Å². The molecule has 1 aliphatic heterocycles. The fraction of sp³-hybridized carbons (Fsp3) is 0.478. The molecule has 1 aliphatic rings. The smallest absolute Gasteiger partial charge is 0.163 e. The first kappa shape index (κ1) is 23.5. The van der Waals surface area contributed by atoms with E-state index in [0.29, 0.717) is 26.4 Å². The lowest BCUT2D eigenvalue weighted by atomic mass is 10.2. The Kier molecular flexibility index (Phi) is 10.3. The van der Waals surface area contributed by atoms with Gasteiger partial charge in [-0.25, -0.2) is 0 Å². The number of rotatable bonds is 9. The third kappa shape index (κ3) is 9.99. The highest BCUT2D eigenvalue weighted by Gasteiger charge is 2.32. The molecule has 0 amide bonds. The molecule has 6 nitrogen and oxygen atoms in total. The molecule has 160 valence electrons. The molecule has 1 saturated heterocycles. The molecule has 2 N–H and O–H groups in total. The summed E-state index contributed by atoms with van der Waals surface area (Å²) in [5.74, 6) is -0.458. The second-order valence-corrected chi connectivity index (χ2v) is 7.29. The van der Waals surface area contributed by atoms with Crippen molar-refractivity contribution in [2.75, 3.05) is 26.4 Å². The van der Waals surface area contributed by atoms with Gasteiger partial charge in [-0.2, -0.15) is 0 Å². The molecule has 29 heavy (non-hydrogen) atoms. The van der Waals surface area contributed by atoms with Gasteiger partial charge in [-0.3, -0.25) is 0 Å². The maximum Gasteiger partial charge on any atom is 0.163 e. The van der Waals surface area contributed by atoms with Crippen LogP contribution in [0.4, 0.5) is 0 Å². The van der Waals surface area contributed by atoms with Crippen LogP contribution in [0.2, 0.25) is 0 Å². The Balaban J connectivity index is 0.000000212. The molecule has 0 aromatic heterocycles. The van der Waals surface area contributed by atoms with Gasteiger partial charge in [0.15, 0.2) is 5.79 Å². The van der Waals surface area contributed by atoms with Crippen molar-refractivity contribution in [1.29, 1.82) is 0 Å². The van der Waals surface area contributed by atoms with Gasteiger partial charge >= 0.3 is 0 Å². The van der Waals surface area contributed by atoms with Gasteiger partial charge in [0.2, 0.25) is 0 Å². The fourth-order valence-corrected chi connectivity index (χ4v) is 2.67. The number of hydrogen-bond acceptors (Lipinski definition) is 6. The van der Waals surface area contributed by atoms with E-state index in [2.05, 4.69) is 12.1 Å². The Bertz CT molecular complexity index is 662. The third-order valence-corrected chi connectivity index (χ3v) is 4.12. The van der Waals surface area contributed by atoms with Crippen LogP contribution in [0.1, 0.15) is 25.0 Å².